The van der Waals surface area contributed by atoms with E-state index >= 15 is 0 Å². The molecule has 2 rings (SSSR count). The predicted molar refractivity (Wildman–Crippen MR) is 81.2 cm³/mol. The summed E-state index contributed by atoms with van der Waals surface area (Å²) < 4.78 is 4.75. The first kappa shape index (κ1) is 15.5. The summed E-state index contributed by atoms with van der Waals surface area (Å²) in [6, 6.07) is 5.99. The molecule has 0 aliphatic heterocycles. The van der Waals surface area contributed by atoms with Gasteiger partial charge in [-0.25, -0.2) is 0 Å². The molecule has 0 heterocycles. The zero-order chi connectivity index (χ0) is 15.4. The normalized spacial score (nSPS) is 15.0. The summed E-state index contributed by atoms with van der Waals surface area (Å²) >= 11 is 0. The second-order valence-corrected chi connectivity index (χ2v) is 5.77. The molecule has 4 nitrogen and oxygen atoms in total. The van der Waals surface area contributed by atoms with Crippen LogP contribution in [0.25, 0.3) is 0 Å². The Morgan fingerprint density at radius 2 is 1.90 bits per heavy atom. The van der Waals surface area contributed by atoms with Crippen LogP contribution in [0.4, 0.5) is 0 Å². The minimum Gasteiger partial charge on any atom is -0.468 e. The van der Waals surface area contributed by atoms with Crippen molar-refractivity contribution in [1.29, 1.82) is 0 Å². The molecule has 0 radical (unpaired) electrons. The van der Waals surface area contributed by atoms with Gasteiger partial charge in [-0.3, -0.25) is 9.59 Å². The standard InChI is InChI=1S/C17H23NO3/c1-12-8-9-13(2)15(10-12)17(20)18(11-16(19)21-3)14-6-4-5-7-14/h8-10,14H,4-7,11H2,1-3H3. The molecule has 1 amide bonds. The van der Waals surface area contributed by atoms with Crippen molar-refractivity contribution in [2.24, 2.45) is 0 Å². The molecule has 1 aromatic rings. The number of nitrogens with zero attached hydrogens (tertiary/aromatic N) is 1. The second kappa shape index (κ2) is 6.74. The molecule has 1 saturated carbocycles. The molecule has 0 spiro atoms. The van der Waals surface area contributed by atoms with Crippen molar-refractivity contribution in [1.82, 2.24) is 4.90 Å². The van der Waals surface area contributed by atoms with Crippen LogP contribution in [0.1, 0.15) is 47.2 Å². The molecule has 1 aliphatic carbocycles. The summed E-state index contributed by atoms with van der Waals surface area (Å²) in [6.07, 6.45) is 4.16. The van der Waals surface area contributed by atoms with E-state index in [1.807, 2.05) is 32.0 Å². The van der Waals surface area contributed by atoms with Crippen molar-refractivity contribution in [2.45, 2.75) is 45.6 Å². The Hall–Kier alpha value is -1.84. The van der Waals surface area contributed by atoms with Gasteiger partial charge in [-0.1, -0.05) is 30.5 Å². The molecule has 1 fully saturated rings. The number of methoxy groups -OCH3 is 1. The number of ether oxygens (including phenoxy) is 1. The number of hydrogen-bond donors (Lipinski definition) is 0. The van der Waals surface area contributed by atoms with Crippen molar-refractivity contribution in [3.63, 3.8) is 0 Å². The first-order valence-electron chi connectivity index (χ1n) is 7.48. The number of carbonyl (C=O) groups excluding carboxylic acids is 2. The quantitative estimate of drug-likeness (QED) is 0.801. The molecular weight excluding hydrogens is 266 g/mol. The molecule has 0 unspecified atom stereocenters. The van der Waals surface area contributed by atoms with Gasteiger partial charge >= 0.3 is 5.97 Å². The van der Waals surface area contributed by atoms with Crippen molar-refractivity contribution in [2.75, 3.05) is 13.7 Å². The maximum absolute atomic E-state index is 12.9. The molecule has 0 atom stereocenters. The topological polar surface area (TPSA) is 46.6 Å². The number of carbonyl (C=O) groups is 2. The van der Waals surface area contributed by atoms with Crippen LogP contribution >= 0.6 is 0 Å². The molecule has 1 aromatic carbocycles. The summed E-state index contributed by atoms with van der Waals surface area (Å²) in [5.41, 5.74) is 2.68. The lowest BCUT2D eigenvalue weighted by Crippen LogP contribution is -2.42. The van der Waals surface area contributed by atoms with Crippen molar-refractivity contribution < 1.29 is 14.3 Å². The van der Waals surface area contributed by atoms with Crippen LogP contribution in [-0.2, 0) is 9.53 Å². The third-order valence-corrected chi connectivity index (χ3v) is 4.18. The van der Waals surface area contributed by atoms with Crippen LogP contribution in [0.3, 0.4) is 0 Å². The van der Waals surface area contributed by atoms with E-state index < -0.39 is 0 Å². The maximum Gasteiger partial charge on any atom is 0.325 e. The molecule has 0 saturated heterocycles. The number of aryl methyl sites for hydroxylation is 2. The van der Waals surface area contributed by atoms with Crippen molar-refractivity contribution in [3.05, 3.63) is 34.9 Å². The van der Waals surface area contributed by atoms with E-state index in [2.05, 4.69) is 0 Å². The van der Waals surface area contributed by atoms with Crippen molar-refractivity contribution in [3.8, 4) is 0 Å². The molecule has 21 heavy (non-hydrogen) atoms. The predicted octanol–water partition coefficient (Wildman–Crippen LogP) is 2.86. The molecule has 4 heteroatoms. The zero-order valence-corrected chi connectivity index (χ0v) is 13.0. The highest BCUT2D eigenvalue weighted by Gasteiger charge is 2.30. The summed E-state index contributed by atoms with van der Waals surface area (Å²) in [7, 11) is 1.36. The lowest BCUT2D eigenvalue weighted by molar-refractivity contribution is -0.141. The van der Waals surface area contributed by atoms with E-state index in [1.165, 1.54) is 7.11 Å². The van der Waals surface area contributed by atoms with E-state index in [4.69, 9.17) is 4.74 Å². The van der Waals surface area contributed by atoms with Gasteiger partial charge in [-0.2, -0.15) is 0 Å². The number of esters is 1. The minimum atomic E-state index is -0.361. The maximum atomic E-state index is 12.9. The first-order valence-corrected chi connectivity index (χ1v) is 7.48. The van der Waals surface area contributed by atoms with Gasteiger partial charge in [0.05, 0.1) is 7.11 Å². The monoisotopic (exact) mass is 289 g/mol. The van der Waals surface area contributed by atoms with Gasteiger partial charge in [-0.15, -0.1) is 0 Å². The minimum absolute atomic E-state index is 0.0351. The van der Waals surface area contributed by atoms with Crippen molar-refractivity contribution >= 4 is 11.9 Å². The highest BCUT2D eigenvalue weighted by Crippen LogP contribution is 2.26. The number of rotatable bonds is 4. The average Bonchev–Trinajstić information content (AvgIpc) is 3.00. The number of amides is 1. The highest BCUT2D eigenvalue weighted by molar-refractivity contribution is 5.97. The van der Waals surface area contributed by atoms with Crippen LogP contribution < -0.4 is 0 Å². The Morgan fingerprint density at radius 1 is 1.24 bits per heavy atom. The van der Waals surface area contributed by atoms with Gasteiger partial charge in [-0.05, 0) is 38.3 Å². The van der Waals surface area contributed by atoms with E-state index in [1.54, 1.807) is 4.90 Å². The summed E-state index contributed by atoms with van der Waals surface area (Å²) in [5.74, 6) is -0.422. The first-order chi connectivity index (χ1) is 10.0. The fourth-order valence-corrected chi connectivity index (χ4v) is 2.91. The van der Waals surface area contributed by atoms with Gasteiger partial charge < -0.3 is 9.64 Å². The summed E-state index contributed by atoms with van der Waals surface area (Å²) in [6.45, 7) is 3.93. The number of hydrogen-bond acceptors (Lipinski definition) is 3. The Balaban J connectivity index is 2.28. The average molecular weight is 289 g/mol. The Labute approximate surface area is 126 Å². The van der Waals surface area contributed by atoms with Crippen LogP contribution in [0.15, 0.2) is 18.2 Å². The van der Waals surface area contributed by atoms with E-state index in [0.29, 0.717) is 5.56 Å². The van der Waals surface area contributed by atoms with Gasteiger partial charge in [0.1, 0.15) is 6.54 Å². The van der Waals surface area contributed by atoms with E-state index in [0.717, 1.165) is 36.8 Å². The molecule has 114 valence electrons. The summed E-state index contributed by atoms with van der Waals surface area (Å²) in [4.78, 5) is 26.2. The third kappa shape index (κ3) is 3.63. The third-order valence-electron chi connectivity index (χ3n) is 4.18. The Kier molecular flexibility index (Phi) is 4.99. The smallest absolute Gasteiger partial charge is 0.325 e. The SMILES string of the molecule is COC(=O)CN(C(=O)c1cc(C)ccc1C)C1CCCC1. The Morgan fingerprint density at radius 3 is 2.52 bits per heavy atom. The number of benzene rings is 1. The molecule has 1 aliphatic rings. The van der Waals surface area contributed by atoms with Crippen LogP contribution in [-0.4, -0.2) is 36.5 Å². The van der Waals surface area contributed by atoms with Gasteiger partial charge in [0.25, 0.3) is 5.91 Å². The fraction of sp³-hybridized carbons (Fsp3) is 0.529. The van der Waals surface area contributed by atoms with Crippen LogP contribution in [0, 0.1) is 13.8 Å². The molecular formula is C17H23NO3. The van der Waals surface area contributed by atoms with Gasteiger partial charge in [0.15, 0.2) is 0 Å². The lowest BCUT2D eigenvalue weighted by atomic mass is 10.0. The van der Waals surface area contributed by atoms with E-state index in [9.17, 15) is 9.59 Å². The summed E-state index contributed by atoms with van der Waals surface area (Å²) in [5, 5.41) is 0. The van der Waals surface area contributed by atoms with Gasteiger partial charge in [0.2, 0.25) is 0 Å². The van der Waals surface area contributed by atoms with E-state index in [-0.39, 0.29) is 24.5 Å². The van der Waals surface area contributed by atoms with Crippen LogP contribution in [0.5, 0.6) is 0 Å². The van der Waals surface area contributed by atoms with Gasteiger partial charge in [0, 0.05) is 11.6 Å². The molecule has 0 bridgehead atoms. The van der Waals surface area contributed by atoms with Crippen LogP contribution in [0.2, 0.25) is 0 Å². The highest BCUT2D eigenvalue weighted by atomic mass is 16.5. The fourth-order valence-electron chi connectivity index (χ4n) is 2.91. The molecule has 0 aromatic heterocycles. The largest absolute Gasteiger partial charge is 0.468 e. The lowest BCUT2D eigenvalue weighted by Gasteiger charge is -2.28. The zero-order valence-electron chi connectivity index (χ0n) is 13.0. The Bertz CT molecular complexity index is 533. The molecule has 0 N–H and O–H groups in total. The second-order valence-electron chi connectivity index (χ2n) is 5.77.